The second-order valence-corrected chi connectivity index (χ2v) is 4.30. The van der Waals surface area contributed by atoms with Gasteiger partial charge in [-0.05, 0) is 26.0 Å². The van der Waals surface area contributed by atoms with Crippen LogP contribution in [-0.2, 0) is 0 Å². The highest BCUT2D eigenvalue weighted by molar-refractivity contribution is 5.02. The fraction of sp³-hybridized carbons (Fsp3) is 0.692. The second-order valence-electron chi connectivity index (χ2n) is 4.30. The van der Waals surface area contributed by atoms with Crippen LogP contribution in [0.1, 0.15) is 46.8 Å². The molecule has 0 amide bonds. The summed E-state index contributed by atoms with van der Waals surface area (Å²) in [6.07, 6.45) is 1.70. The quantitative estimate of drug-likeness (QED) is 0.693. The first-order chi connectivity index (χ1) is 6.61. The van der Waals surface area contributed by atoms with Crippen LogP contribution in [0.4, 0.5) is 0 Å². The van der Waals surface area contributed by atoms with E-state index in [4.69, 9.17) is 4.42 Å². The molecular weight excluding hydrogens is 186 g/mol. The third kappa shape index (κ3) is 5.63. The van der Waals surface area contributed by atoms with Gasteiger partial charge in [-0.1, -0.05) is 21.3 Å². The van der Waals surface area contributed by atoms with Gasteiger partial charge in [0.2, 0.25) is 0 Å². The highest BCUT2D eigenvalue weighted by atomic mass is 16.3. The summed E-state index contributed by atoms with van der Waals surface area (Å²) in [7, 11) is 0. The minimum absolute atomic E-state index is 0. The fourth-order valence-corrected chi connectivity index (χ4v) is 1.19. The number of hydrogen-bond donors (Lipinski definition) is 0. The third-order valence-corrected chi connectivity index (χ3v) is 2.32. The molecule has 0 unspecified atom stereocenters. The van der Waals surface area contributed by atoms with Crippen LogP contribution in [0.25, 0.3) is 0 Å². The molecule has 0 aromatic carbocycles. The smallest absolute Gasteiger partial charge is 0.106 e. The molecule has 0 atom stereocenters. The molecule has 0 N–H and O–H groups in total. The van der Waals surface area contributed by atoms with E-state index >= 15 is 0 Å². The highest BCUT2D eigenvalue weighted by Gasteiger charge is 2.19. The Hall–Kier alpha value is -0.760. The van der Waals surface area contributed by atoms with Crippen molar-refractivity contribution < 1.29 is 4.42 Å². The van der Waals surface area contributed by atoms with Crippen LogP contribution in [0.15, 0.2) is 22.8 Å². The number of furan rings is 1. The average molecular weight is 211 g/mol. The third-order valence-electron chi connectivity index (χ3n) is 2.32. The molecule has 1 saturated heterocycles. The Kier molecular flexibility index (Phi) is 6.34. The molecule has 15 heavy (non-hydrogen) atoms. The van der Waals surface area contributed by atoms with Gasteiger partial charge in [-0.3, -0.25) is 4.90 Å². The van der Waals surface area contributed by atoms with Crippen molar-refractivity contribution in [3.8, 4) is 0 Å². The van der Waals surface area contributed by atoms with Crippen molar-refractivity contribution in [2.45, 2.75) is 47.1 Å². The Morgan fingerprint density at radius 2 is 1.80 bits per heavy atom. The molecule has 0 bridgehead atoms. The van der Waals surface area contributed by atoms with Crippen molar-refractivity contribution in [3.05, 3.63) is 24.2 Å². The minimum Gasteiger partial charge on any atom is -0.469 e. The lowest BCUT2D eigenvalue weighted by atomic mass is 10.2. The lowest BCUT2D eigenvalue weighted by Crippen LogP contribution is -2.06. The van der Waals surface area contributed by atoms with Crippen molar-refractivity contribution in [1.29, 1.82) is 0 Å². The van der Waals surface area contributed by atoms with Crippen LogP contribution >= 0.6 is 0 Å². The van der Waals surface area contributed by atoms with Crippen molar-refractivity contribution in [2.24, 2.45) is 0 Å². The zero-order chi connectivity index (χ0) is 10.6. The molecule has 1 aliphatic heterocycles. The molecular formula is C13H25NO. The zero-order valence-corrected chi connectivity index (χ0v) is 9.66. The SMILES string of the molecule is C.CC(C)N1CC1.CC(C)c1ccco1. The van der Waals surface area contributed by atoms with Crippen molar-refractivity contribution in [2.75, 3.05) is 13.1 Å². The maximum Gasteiger partial charge on any atom is 0.106 e. The van der Waals surface area contributed by atoms with Gasteiger partial charge in [0.05, 0.1) is 6.26 Å². The van der Waals surface area contributed by atoms with E-state index in [-0.39, 0.29) is 7.43 Å². The molecule has 1 aliphatic rings. The first kappa shape index (κ1) is 14.2. The first-order valence-corrected chi connectivity index (χ1v) is 5.38. The molecule has 0 radical (unpaired) electrons. The standard InChI is InChI=1S/C7H10O.C5H11N.CH4/c1-6(2)7-4-3-5-8-7;1-5(2)6-3-4-6;/h3-6H,1-2H3;5H,3-4H2,1-2H3;1H4. The van der Waals surface area contributed by atoms with Gasteiger partial charge in [-0.2, -0.15) is 0 Å². The van der Waals surface area contributed by atoms with Crippen LogP contribution in [0.5, 0.6) is 0 Å². The number of hydrogen-bond acceptors (Lipinski definition) is 2. The van der Waals surface area contributed by atoms with Crippen LogP contribution in [0, 0.1) is 0 Å². The monoisotopic (exact) mass is 211 g/mol. The van der Waals surface area contributed by atoms with E-state index in [1.54, 1.807) is 6.26 Å². The van der Waals surface area contributed by atoms with Gasteiger partial charge in [0.25, 0.3) is 0 Å². The summed E-state index contributed by atoms with van der Waals surface area (Å²) in [5.41, 5.74) is 0. The van der Waals surface area contributed by atoms with Gasteiger partial charge in [-0.25, -0.2) is 0 Å². The summed E-state index contributed by atoms with van der Waals surface area (Å²) in [5.74, 6) is 1.58. The van der Waals surface area contributed by atoms with E-state index in [1.165, 1.54) is 13.1 Å². The zero-order valence-electron chi connectivity index (χ0n) is 9.66. The number of nitrogens with zero attached hydrogens (tertiary/aromatic N) is 1. The Labute approximate surface area is 94.3 Å². The Balaban J connectivity index is 0.000000253. The van der Waals surface area contributed by atoms with E-state index in [9.17, 15) is 0 Å². The van der Waals surface area contributed by atoms with Gasteiger partial charge < -0.3 is 4.42 Å². The van der Waals surface area contributed by atoms with E-state index in [1.807, 2.05) is 12.1 Å². The fourth-order valence-electron chi connectivity index (χ4n) is 1.19. The van der Waals surface area contributed by atoms with E-state index in [0.717, 1.165) is 11.8 Å². The van der Waals surface area contributed by atoms with Crippen LogP contribution in [0.3, 0.4) is 0 Å². The largest absolute Gasteiger partial charge is 0.469 e. The van der Waals surface area contributed by atoms with E-state index < -0.39 is 0 Å². The lowest BCUT2D eigenvalue weighted by Gasteiger charge is -1.99. The van der Waals surface area contributed by atoms with E-state index in [0.29, 0.717) is 5.92 Å². The molecule has 88 valence electrons. The summed E-state index contributed by atoms with van der Waals surface area (Å²) >= 11 is 0. The Morgan fingerprint density at radius 1 is 1.20 bits per heavy atom. The van der Waals surface area contributed by atoms with E-state index in [2.05, 4.69) is 32.6 Å². The normalized spacial score (nSPS) is 14.5. The molecule has 2 heteroatoms. The summed E-state index contributed by atoms with van der Waals surface area (Å²) in [6, 6.07) is 4.70. The topological polar surface area (TPSA) is 16.1 Å². The first-order valence-electron chi connectivity index (χ1n) is 5.38. The minimum atomic E-state index is 0. The summed E-state index contributed by atoms with van der Waals surface area (Å²) in [5, 5.41) is 0. The van der Waals surface area contributed by atoms with Gasteiger partial charge in [0.1, 0.15) is 5.76 Å². The van der Waals surface area contributed by atoms with Gasteiger partial charge in [0, 0.05) is 25.0 Å². The molecule has 1 fully saturated rings. The maximum atomic E-state index is 5.09. The molecule has 0 aliphatic carbocycles. The lowest BCUT2D eigenvalue weighted by molar-refractivity contribution is 0.460. The molecule has 0 saturated carbocycles. The Bertz CT molecular complexity index is 235. The second kappa shape index (κ2) is 6.67. The average Bonchev–Trinajstić information content (AvgIpc) is 2.82. The van der Waals surface area contributed by atoms with Gasteiger partial charge in [-0.15, -0.1) is 0 Å². The van der Waals surface area contributed by atoms with Crippen LogP contribution in [0.2, 0.25) is 0 Å². The molecule has 2 heterocycles. The highest BCUT2D eigenvalue weighted by Crippen LogP contribution is 2.12. The predicted octanol–water partition coefficient (Wildman–Crippen LogP) is 3.75. The van der Waals surface area contributed by atoms with Gasteiger partial charge in [0.15, 0.2) is 0 Å². The maximum absolute atomic E-state index is 5.09. The van der Waals surface area contributed by atoms with Crippen LogP contribution in [-0.4, -0.2) is 24.0 Å². The predicted molar refractivity (Wildman–Crippen MR) is 66.2 cm³/mol. The molecule has 2 nitrogen and oxygen atoms in total. The number of rotatable bonds is 2. The van der Waals surface area contributed by atoms with Gasteiger partial charge >= 0.3 is 0 Å². The van der Waals surface area contributed by atoms with Crippen LogP contribution < -0.4 is 0 Å². The molecule has 0 spiro atoms. The molecule has 1 aromatic heterocycles. The summed E-state index contributed by atoms with van der Waals surface area (Å²) in [4.78, 5) is 2.42. The molecule has 2 rings (SSSR count). The molecule has 1 aromatic rings. The Morgan fingerprint density at radius 3 is 1.93 bits per heavy atom. The summed E-state index contributed by atoms with van der Waals surface area (Å²) < 4.78 is 5.09. The summed E-state index contributed by atoms with van der Waals surface area (Å²) in [6.45, 7) is 11.3. The van der Waals surface area contributed by atoms with Crippen molar-refractivity contribution >= 4 is 0 Å². The van der Waals surface area contributed by atoms with Crippen molar-refractivity contribution in [1.82, 2.24) is 4.90 Å². The van der Waals surface area contributed by atoms with Crippen molar-refractivity contribution in [3.63, 3.8) is 0 Å².